The summed E-state index contributed by atoms with van der Waals surface area (Å²) in [6.45, 7) is 13.2. The van der Waals surface area contributed by atoms with Crippen molar-refractivity contribution in [3.63, 3.8) is 0 Å². The number of nitrogens with two attached hydrogens (primary N) is 2. The van der Waals surface area contributed by atoms with Crippen LogP contribution in [-0.4, -0.2) is 54.4 Å². The van der Waals surface area contributed by atoms with Crippen molar-refractivity contribution in [2.75, 3.05) is 49.9 Å². The number of hydrogen-bond donors (Lipinski definition) is 2. The van der Waals surface area contributed by atoms with Gasteiger partial charge in [-0.2, -0.15) is 0 Å². The van der Waals surface area contributed by atoms with Gasteiger partial charge in [-0.15, -0.1) is 11.8 Å². The summed E-state index contributed by atoms with van der Waals surface area (Å²) in [5.74, 6) is 1.85. The highest BCUT2D eigenvalue weighted by molar-refractivity contribution is 7.99. The van der Waals surface area contributed by atoms with E-state index in [1.54, 1.807) is 0 Å². The van der Waals surface area contributed by atoms with Crippen LogP contribution in [0.4, 0.5) is 11.4 Å². The third-order valence-electron chi connectivity index (χ3n) is 3.83. The van der Waals surface area contributed by atoms with Crippen LogP contribution in [0.25, 0.3) is 0 Å². The average molecular weight is 337 g/mol. The molecule has 1 aromatic carbocycles. The molecule has 0 radical (unpaired) electrons. The summed E-state index contributed by atoms with van der Waals surface area (Å²) >= 11 is 1.82. The minimum absolute atomic E-state index is 0.185. The zero-order valence-corrected chi connectivity index (χ0v) is 14.9. The first kappa shape index (κ1) is 17.8. The lowest BCUT2D eigenvalue weighted by Gasteiger charge is -2.36. The molecule has 1 fully saturated rings. The molecule has 23 heavy (non-hydrogen) atoms. The molecule has 1 aromatic rings. The average Bonchev–Trinajstić information content (AvgIpc) is 2.51. The highest BCUT2D eigenvalue weighted by Crippen LogP contribution is 2.24. The van der Waals surface area contributed by atoms with Crippen molar-refractivity contribution in [3.05, 3.63) is 30.7 Å². The first-order chi connectivity index (χ1) is 11.0. The molecule has 0 aliphatic carbocycles. The third kappa shape index (κ3) is 5.55. The Morgan fingerprint density at radius 1 is 1.22 bits per heavy atom. The molecule has 0 amide bonds. The number of anilines is 2. The molecule has 6 heteroatoms. The van der Waals surface area contributed by atoms with E-state index in [0.29, 0.717) is 11.4 Å². The quantitative estimate of drug-likeness (QED) is 0.453. The minimum Gasteiger partial charge on any atom is -0.477 e. The lowest BCUT2D eigenvalue weighted by molar-refractivity contribution is 0.0462. The van der Waals surface area contributed by atoms with Gasteiger partial charge in [-0.05, 0) is 38.6 Å². The summed E-state index contributed by atoms with van der Waals surface area (Å²) in [6.07, 6.45) is 0.185. The Morgan fingerprint density at radius 2 is 1.91 bits per heavy atom. The van der Waals surface area contributed by atoms with Crippen LogP contribution in [0.15, 0.2) is 35.6 Å². The van der Waals surface area contributed by atoms with Gasteiger partial charge in [-0.3, -0.25) is 4.90 Å². The molecule has 1 aliphatic heterocycles. The van der Waals surface area contributed by atoms with Gasteiger partial charge in [0.25, 0.3) is 0 Å². The fraction of sp³-hybridized carbons (Fsp3) is 0.529. The van der Waals surface area contributed by atoms with Gasteiger partial charge in [0.2, 0.25) is 0 Å². The molecule has 0 bridgehead atoms. The van der Waals surface area contributed by atoms with Crippen molar-refractivity contribution in [3.8, 4) is 0 Å². The molecule has 0 saturated carbocycles. The molecule has 0 aromatic heterocycles. The van der Waals surface area contributed by atoms with Gasteiger partial charge in [0.05, 0.1) is 17.5 Å². The van der Waals surface area contributed by atoms with Crippen molar-refractivity contribution in [1.82, 2.24) is 9.80 Å². The zero-order valence-electron chi connectivity index (χ0n) is 14.1. The fourth-order valence-electron chi connectivity index (χ4n) is 2.50. The van der Waals surface area contributed by atoms with E-state index in [1.165, 1.54) is 4.90 Å². The number of piperazine rings is 1. The van der Waals surface area contributed by atoms with Crippen LogP contribution >= 0.6 is 11.8 Å². The van der Waals surface area contributed by atoms with Crippen molar-refractivity contribution in [2.45, 2.75) is 24.8 Å². The molecule has 0 atom stereocenters. The number of nitrogen functional groups attached to an aromatic ring is 2. The summed E-state index contributed by atoms with van der Waals surface area (Å²) in [6, 6.07) is 5.85. The van der Waals surface area contributed by atoms with Gasteiger partial charge in [-0.1, -0.05) is 0 Å². The Labute approximate surface area is 143 Å². The number of thioether (sulfide) groups is 1. The van der Waals surface area contributed by atoms with Gasteiger partial charge in [-0.25, -0.2) is 0 Å². The van der Waals surface area contributed by atoms with E-state index >= 15 is 0 Å². The topological polar surface area (TPSA) is 67.8 Å². The van der Waals surface area contributed by atoms with E-state index in [0.717, 1.165) is 44.4 Å². The van der Waals surface area contributed by atoms with Crippen molar-refractivity contribution in [2.24, 2.45) is 0 Å². The van der Waals surface area contributed by atoms with Crippen LogP contribution in [0.3, 0.4) is 0 Å². The second-order valence-corrected chi connectivity index (χ2v) is 7.20. The normalized spacial score (nSPS) is 15.9. The van der Waals surface area contributed by atoms with E-state index in [2.05, 4.69) is 16.4 Å². The Kier molecular flexibility index (Phi) is 6.47. The van der Waals surface area contributed by atoms with Gasteiger partial charge >= 0.3 is 0 Å². The maximum absolute atomic E-state index is 5.84. The van der Waals surface area contributed by atoms with Gasteiger partial charge in [0.15, 0.2) is 5.88 Å². The number of hydrogen-bond acceptors (Lipinski definition) is 6. The Bertz CT molecular complexity index is 527. The van der Waals surface area contributed by atoms with E-state index < -0.39 is 0 Å². The third-order valence-corrected chi connectivity index (χ3v) is 4.81. The Morgan fingerprint density at radius 3 is 2.52 bits per heavy atom. The van der Waals surface area contributed by atoms with Crippen LogP contribution in [0.5, 0.6) is 0 Å². The Balaban J connectivity index is 1.68. The van der Waals surface area contributed by atoms with Crippen molar-refractivity contribution < 1.29 is 4.74 Å². The molecular formula is C17H28N4OS. The molecule has 0 spiro atoms. The number of ether oxygens (including phenoxy) is 1. The van der Waals surface area contributed by atoms with E-state index in [-0.39, 0.29) is 6.10 Å². The fourth-order valence-corrected chi connectivity index (χ4v) is 3.46. The second kappa shape index (κ2) is 8.36. The monoisotopic (exact) mass is 336 g/mol. The molecule has 2 rings (SSSR count). The van der Waals surface area contributed by atoms with Crippen LogP contribution in [-0.2, 0) is 4.74 Å². The zero-order chi connectivity index (χ0) is 16.8. The standard InChI is InChI=1S/C17H28N4OS/c1-13(2)22-14(3)21-8-6-20(7-9-21)10-11-23-15-4-5-16(18)17(19)12-15/h4-5,12-13H,3,6-11,18-19H2,1-2H3. The van der Waals surface area contributed by atoms with Gasteiger partial charge in [0.1, 0.15) is 0 Å². The van der Waals surface area contributed by atoms with Crippen LogP contribution in [0.1, 0.15) is 13.8 Å². The lowest BCUT2D eigenvalue weighted by Crippen LogP contribution is -2.46. The smallest absolute Gasteiger partial charge is 0.182 e. The summed E-state index contributed by atoms with van der Waals surface area (Å²) in [4.78, 5) is 5.88. The van der Waals surface area contributed by atoms with E-state index in [4.69, 9.17) is 16.2 Å². The number of rotatable bonds is 7. The van der Waals surface area contributed by atoms with Crippen LogP contribution in [0.2, 0.25) is 0 Å². The SMILES string of the molecule is C=C(OC(C)C)N1CCN(CCSc2ccc(N)c(N)c2)CC1. The molecule has 0 unspecified atom stereocenters. The highest BCUT2D eigenvalue weighted by atomic mass is 32.2. The first-order valence-electron chi connectivity index (χ1n) is 8.06. The first-order valence-corrected chi connectivity index (χ1v) is 9.05. The number of benzene rings is 1. The van der Waals surface area contributed by atoms with Crippen LogP contribution < -0.4 is 11.5 Å². The largest absolute Gasteiger partial charge is 0.477 e. The summed E-state index contributed by atoms with van der Waals surface area (Å²) in [5, 5.41) is 0. The predicted molar refractivity (Wildman–Crippen MR) is 99.4 cm³/mol. The van der Waals surface area contributed by atoms with Gasteiger partial charge in [0, 0.05) is 43.4 Å². The summed E-state index contributed by atoms with van der Waals surface area (Å²) in [7, 11) is 0. The molecule has 1 saturated heterocycles. The lowest BCUT2D eigenvalue weighted by atomic mass is 10.3. The minimum atomic E-state index is 0.185. The molecular weight excluding hydrogens is 308 g/mol. The summed E-state index contributed by atoms with van der Waals surface area (Å²) in [5.41, 5.74) is 12.9. The highest BCUT2D eigenvalue weighted by Gasteiger charge is 2.18. The number of nitrogens with zero attached hydrogens (tertiary/aromatic N) is 2. The van der Waals surface area contributed by atoms with Gasteiger partial charge < -0.3 is 21.1 Å². The Hall–Kier alpha value is -1.53. The maximum atomic E-state index is 5.84. The second-order valence-electron chi connectivity index (χ2n) is 6.03. The van der Waals surface area contributed by atoms with Crippen LogP contribution in [0, 0.1) is 0 Å². The molecule has 4 N–H and O–H groups in total. The maximum Gasteiger partial charge on any atom is 0.182 e. The molecule has 128 valence electrons. The predicted octanol–water partition coefficient (Wildman–Crippen LogP) is 2.46. The summed E-state index contributed by atoms with van der Waals surface area (Å²) < 4.78 is 5.67. The van der Waals surface area contributed by atoms with Crippen molar-refractivity contribution >= 4 is 23.1 Å². The van der Waals surface area contributed by atoms with E-state index in [1.807, 2.05) is 43.8 Å². The molecule has 1 aliphatic rings. The molecule has 1 heterocycles. The van der Waals surface area contributed by atoms with E-state index in [9.17, 15) is 0 Å². The molecule has 5 nitrogen and oxygen atoms in total. The van der Waals surface area contributed by atoms with Crippen molar-refractivity contribution in [1.29, 1.82) is 0 Å².